The number of hydrogen-bond donors (Lipinski definition) is 1. The highest BCUT2D eigenvalue weighted by atomic mass is 35.5. The molecule has 1 heterocycles. The van der Waals surface area contributed by atoms with Gasteiger partial charge in [-0.3, -0.25) is 0 Å². The Balaban J connectivity index is 3.05. The fraction of sp³-hybridized carbons (Fsp3) is 0. The molecule has 40 valence electrons. The molecule has 0 aliphatic rings. The fourth-order valence-corrected chi connectivity index (χ4v) is 0.496. The molecule has 1 aromatic heterocycles. The van der Waals surface area contributed by atoms with Crippen LogP contribution in [0.2, 0.25) is 5.15 Å². The number of nitrogens with zero attached hydrogens (tertiary/aromatic N) is 2. The third-order valence-corrected chi connectivity index (χ3v) is 0.846. The summed E-state index contributed by atoms with van der Waals surface area (Å²) in [4.78, 5) is 6.13. The van der Waals surface area contributed by atoms with Crippen molar-refractivity contribution in [3.05, 3.63) is 17.2 Å². The van der Waals surface area contributed by atoms with Gasteiger partial charge in [-0.15, -0.1) is 0 Å². The van der Waals surface area contributed by atoms with Gasteiger partial charge in [0.05, 0.1) is 0 Å². The molecule has 0 unspecified atom stereocenters. The van der Waals surface area contributed by atoms with Gasteiger partial charge in [0.1, 0.15) is 11.2 Å². The van der Waals surface area contributed by atoms with E-state index in [2.05, 4.69) is 9.97 Å². The summed E-state index contributed by atoms with van der Waals surface area (Å²) in [7, 11) is 0. The summed E-state index contributed by atoms with van der Waals surface area (Å²) in [6.45, 7) is 0. The summed E-state index contributed by atoms with van der Waals surface area (Å²) in [5.74, 6) is 0.245. The summed E-state index contributed by atoms with van der Waals surface area (Å²) >= 11 is 5.35. The van der Waals surface area contributed by atoms with Crippen LogP contribution in [-0.2, 0) is 0 Å². The molecular weight excluding hydrogens is 126 g/mol. The smallest absolute Gasteiger partial charge is 0.211 e. The van der Waals surface area contributed by atoms with Crippen LogP contribution >= 0.6 is 11.6 Å². The first-order valence-corrected chi connectivity index (χ1v) is 2.32. The normalized spacial score (nSPS) is 8.50. The van der Waals surface area contributed by atoms with Gasteiger partial charge >= 0.3 is 0 Å². The summed E-state index contributed by atoms with van der Waals surface area (Å²) in [6.07, 6.45) is 1.46. The average molecular weight is 128 g/mol. The van der Waals surface area contributed by atoms with Crippen molar-refractivity contribution < 1.29 is 0 Å². The van der Waals surface area contributed by atoms with Gasteiger partial charge in [-0.05, 0) is 0 Å². The summed E-state index contributed by atoms with van der Waals surface area (Å²) in [5.41, 5.74) is 0. The minimum Gasteiger partial charge on any atom is -0.335 e. The molecule has 0 spiro atoms. The molecule has 0 saturated carbocycles. The standard InChI is InChI=1S/C4H2ClN3/c5-3-2-7-4(1-6)8-3/h2H,(H,7,8). The van der Waals surface area contributed by atoms with Crippen molar-refractivity contribution in [1.82, 2.24) is 9.97 Å². The van der Waals surface area contributed by atoms with E-state index in [1.165, 1.54) is 6.20 Å². The van der Waals surface area contributed by atoms with E-state index in [0.29, 0.717) is 5.15 Å². The van der Waals surface area contributed by atoms with Crippen LogP contribution in [0.15, 0.2) is 6.20 Å². The number of halogens is 1. The first kappa shape index (κ1) is 5.13. The van der Waals surface area contributed by atoms with Crippen LogP contribution in [0.25, 0.3) is 0 Å². The molecule has 4 heteroatoms. The molecule has 0 aromatic carbocycles. The predicted molar refractivity (Wildman–Crippen MR) is 28.3 cm³/mol. The quantitative estimate of drug-likeness (QED) is 0.564. The van der Waals surface area contributed by atoms with Crippen molar-refractivity contribution in [3.63, 3.8) is 0 Å². The maximum absolute atomic E-state index is 8.15. The SMILES string of the molecule is N#Cc1nc(Cl)c[nH]1. The predicted octanol–water partition coefficient (Wildman–Crippen LogP) is 0.935. The van der Waals surface area contributed by atoms with Gasteiger partial charge in [0, 0.05) is 6.20 Å². The Kier molecular flexibility index (Phi) is 1.18. The maximum atomic E-state index is 8.15. The number of imidazole rings is 1. The van der Waals surface area contributed by atoms with Crippen molar-refractivity contribution in [2.24, 2.45) is 0 Å². The first-order valence-electron chi connectivity index (χ1n) is 1.94. The average Bonchev–Trinajstić information content (AvgIpc) is 2.14. The van der Waals surface area contributed by atoms with Gasteiger partial charge in [-0.25, -0.2) is 4.98 Å². The molecule has 0 fully saturated rings. The van der Waals surface area contributed by atoms with E-state index in [1.807, 2.05) is 0 Å². The number of nitriles is 1. The van der Waals surface area contributed by atoms with Gasteiger partial charge in [-0.1, -0.05) is 11.6 Å². The Hall–Kier alpha value is -1.01. The van der Waals surface area contributed by atoms with Gasteiger partial charge < -0.3 is 4.98 Å². The lowest BCUT2D eigenvalue weighted by Crippen LogP contribution is -1.71. The summed E-state index contributed by atoms with van der Waals surface area (Å²) in [5, 5.41) is 8.47. The van der Waals surface area contributed by atoms with Gasteiger partial charge in [0.15, 0.2) is 0 Å². The lowest BCUT2D eigenvalue weighted by Gasteiger charge is -1.66. The van der Waals surface area contributed by atoms with Crippen LogP contribution in [-0.4, -0.2) is 9.97 Å². The number of aromatic nitrogens is 2. The third kappa shape index (κ3) is 0.796. The van der Waals surface area contributed by atoms with Crippen LogP contribution in [0.4, 0.5) is 0 Å². The number of nitrogens with one attached hydrogen (secondary N) is 1. The fourth-order valence-electron chi connectivity index (χ4n) is 0.357. The molecule has 0 bridgehead atoms. The monoisotopic (exact) mass is 127 g/mol. The van der Waals surface area contributed by atoms with Crippen molar-refractivity contribution >= 4 is 11.6 Å². The molecule has 0 amide bonds. The topological polar surface area (TPSA) is 52.5 Å². The van der Waals surface area contributed by atoms with Gasteiger partial charge in [0.2, 0.25) is 5.82 Å². The Labute approximate surface area is 50.9 Å². The molecule has 0 aliphatic carbocycles. The number of aromatic amines is 1. The van der Waals surface area contributed by atoms with Crippen molar-refractivity contribution in [2.45, 2.75) is 0 Å². The third-order valence-electron chi connectivity index (χ3n) is 0.653. The van der Waals surface area contributed by atoms with Crippen LogP contribution < -0.4 is 0 Å². The zero-order valence-electron chi connectivity index (χ0n) is 3.85. The van der Waals surface area contributed by atoms with E-state index in [4.69, 9.17) is 16.9 Å². The van der Waals surface area contributed by atoms with E-state index in [9.17, 15) is 0 Å². The maximum Gasteiger partial charge on any atom is 0.211 e. The van der Waals surface area contributed by atoms with Gasteiger partial charge in [0.25, 0.3) is 0 Å². The van der Waals surface area contributed by atoms with Crippen molar-refractivity contribution in [3.8, 4) is 6.07 Å². The molecule has 0 saturated heterocycles. The molecule has 0 atom stereocenters. The van der Waals surface area contributed by atoms with Crippen LogP contribution in [0.5, 0.6) is 0 Å². The number of hydrogen-bond acceptors (Lipinski definition) is 2. The number of rotatable bonds is 0. The molecule has 0 aliphatic heterocycles. The van der Waals surface area contributed by atoms with Gasteiger partial charge in [-0.2, -0.15) is 5.26 Å². The molecule has 8 heavy (non-hydrogen) atoms. The molecule has 0 radical (unpaired) electrons. The Morgan fingerprint density at radius 2 is 2.62 bits per heavy atom. The molecule has 1 rings (SSSR count). The second kappa shape index (κ2) is 1.85. The second-order valence-electron chi connectivity index (χ2n) is 1.18. The van der Waals surface area contributed by atoms with E-state index < -0.39 is 0 Å². The van der Waals surface area contributed by atoms with Crippen LogP contribution in [0, 0.1) is 11.3 Å². The lowest BCUT2D eigenvalue weighted by atomic mass is 10.7. The van der Waals surface area contributed by atoms with E-state index in [0.717, 1.165) is 0 Å². The highest BCUT2D eigenvalue weighted by molar-refractivity contribution is 6.29. The van der Waals surface area contributed by atoms with Crippen LogP contribution in [0.3, 0.4) is 0 Å². The first-order chi connectivity index (χ1) is 3.83. The van der Waals surface area contributed by atoms with E-state index in [-0.39, 0.29) is 5.82 Å². The summed E-state index contributed by atoms with van der Waals surface area (Å²) < 4.78 is 0. The largest absolute Gasteiger partial charge is 0.335 e. The van der Waals surface area contributed by atoms with Crippen LogP contribution in [0.1, 0.15) is 5.82 Å². The van der Waals surface area contributed by atoms with E-state index in [1.54, 1.807) is 6.07 Å². The zero-order chi connectivity index (χ0) is 5.98. The number of H-pyrrole nitrogens is 1. The Morgan fingerprint density at radius 3 is 2.88 bits per heavy atom. The second-order valence-corrected chi connectivity index (χ2v) is 1.57. The Bertz CT molecular complexity index is 221. The molecule has 1 aromatic rings. The molecular formula is C4H2ClN3. The zero-order valence-corrected chi connectivity index (χ0v) is 4.61. The summed E-state index contributed by atoms with van der Waals surface area (Å²) in [6, 6.07) is 1.80. The minimum atomic E-state index is 0.245. The van der Waals surface area contributed by atoms with Crippen molar-refractivity contribution in [1.29, 1.82) is 5.26 Å². The molecule has 3 nitrogen and oxygen atoms in total. The highest BCUT2D eigenvalue weighted by Gasteiger charge is 1.92. The molecule has 1 N–H and O–H groups in total. The Morgan fingerprint density at radius 1 is 1.88 bits per heavy atom. The van der Waals surface area contributed by atoms with E-state index >= 15 is 0 Å². The minimum absolute atomic E-state index is 0.245. The van der Waals surface area contributed by atoms with Crippen molar-refractivity contribution in [2.75, 3.05) is 0 Å². The highest BCUT2D eigenvalue weighted by Crippen LogP contribution is 2.00. The lowest BCUT2D eigenvalue weighted by molar-refractivity contribution is 1.23.